The van der Waals surface area contributed by atoms with Crippen LogP contribution in [0, 0.1) is 11.3 Å². The highest BCUT2D eigenvalue weighted by Crippen LogP contribution is 2.49. The molecule has 0 aliphatic carbocycles. The Morgan fingerprint density at radius 2 is 0.862 bits per heavy atom. The number of nitrogen functional groups attached to an aromatic ring is 1. The molecule has 8 aromatic carbocycles. The van der Waals surface area contributed by atoms with E-state index in [-0.39, 0.29) is 0 Å². The van der Waals surface area contributed by atoms with Gasteiger partial charge in [0.1, 0.15) is 11.5 Å². The summed E-state index contributed by atoms with van der Waals surface area (Å²) in [6, 6.07) is 65.7. The maximum atomic E-state index is 9.58. The summed E-state index contributed by atoms with van der Waals surface area (Å²) in [4.78, 5) is 32.7. The van der Waals surface area contributed by atoms with Gasteiger partial charge in [-0.15, -0.1) is 0 Å². The van der Waals surface area contributed by atoms with Crippen LogP contribution < -0.4 is 10.5 Å². The number of hydrogen-bond acceptors (Lipinski definition) is 10. The van der Waals surface area contributed by atoms with E-state index in [2.05, 4.69) is 48.5 Å². The van der Waals surface area contributed by atoms with E-state index in [1.54, 1.807) is 23.9 Å². The predicted octanol–water partition coefficient (Wildman–Crippen LogP) is 13.1. The second-order valence-electron chi connectivity index (χ2n) is 15.3. The molecule has 0 atom stereocenters. The molecular formula is C55H34N8OS. The molecule has 10 aromatic rings. The lowest BCUT2D eigenvalue weighted by atomic mass is 9.96. The molecule has 306 valence electrons. The number of nitrogens with two attached hydrogens (primary N) is 1. The quantitative estimate of drug-likeness (QED) is 0.147. The number of fused-ring (bicyclic) bond motifs is 2. The van der Waals surface area contributed by atoms with Crippen LogP contribution in [0.1, 0.15) is 5.56 Å². The summed E-state index contributed by atoms with van der Waals surface area (Å²) in [5, 5.41) is 9.58. The minimum Gasteiger partial charge on any atom is -0.455 e. The molecule has 0 bridgehead atoms. The Balaban J connectivity index is 1.11. The van der Waals surface area contributed by atoms with E-state index in [0.29, 0.717) is 46.2 Å². The molecule has 0 fully saturated rings. The number of nitrogens with zero attached hydrogens (tertiary/aromatic N) is 7. The van der Waals surface area contributed by atoms with Gasteiger partial charge >= 0.3 is 0 Å². The van der Waals surface area contributed by atoms with E-state index in [9.17, 15) is 5.26 Å². The maximum absolute atomic E-state index is 9.58. The molecule has 0 amide bonds. The number of rotatable bonds is 8. The van der Waals surface area contributed by atoms with Crippen LogP contribution in [-0.4, -0.2) is 29.9 Å². The minimum atomic E-state index is 0.454. The molecule has 0 unspecified atom stereocenters. The van der Waals surface area contributed by atoms with Crippen LogP contribution >= 0.6 is 11.8 Å². The molecular weight excluding hydrogens is 821 g/mol. The first-order valence-electron chi connectivity index (χ1n) is 20.9. The monoisotopic (exact) mass is 854 g/mol. The third kappa shape index (κ3) is 7.95. The van der Waals surface area contributed by atoms with Gasteiger partial charge < -0.3 is 10.5 Å². The molecule has 0 radical (unpaired) electrons. The lowest BCUT2D eigenvalue weighted by Gasteiger charge is -2.20. The Kier molecular flexibility index (Phi) is 10.1. The summed E-state index contributed by atoms with van der Waals surface area (Å²) < 4.78 is 6.34. The van der Waals surface area contributed by atoms with Gasteiger partial charge in [-0.3, -0.25) is 0 Å². The molecule has 11 rings (SSSR count). The summed E-state index contributed by atoms with van der Waals surface area (Å²) >= 11 is 1.67. The van der Waals surface area contributed by atoms with Gasteiger partial charge in [-0.1, -0.05) is 133 Å². The second-order valence-corrected chi connectivity index (χ2v) is 16.4. The molecule has 0 spiro atoms. The zero-order valence-corrected chi connectivity index (χ0v) is 35.3. The number of para-hydroxylation sites is 1. The zero-order valence-electron chi connectivity index (χ0n) is 34.5. The van der Waals surface area contributed by atoms with Crippen molar-refractivity contribution in [2.75, 3.05) is 5.73 Å². The summed E-state index contributed by atoms with van der Waals surface area (Å²) in [6.45, 7) is 0. The standard InChI is InChI=1S/C55H34N8OS/c56-33-34-18-20-38(21-19-34)52-58-51(37-12-5-2-6-13-37)62-55(63-52)45-31-42(24-28-44(45)40-25-29-47-49(32-40)65-48-17-8-7-16-46(48)64-47)54-60-50(36-10-3-1-4-11-36)59-53(61-54)41-15-9-14-39(30-41)35-22-26-43(57)27-23-35/h1-32H,57H2. The number of ether oxygens (including phenoxy) is 1. The molecule has 0 saturated carbocycles. The SMILES string of the molecule is N#Cc1ccc(-c2nc(-c3ccccc3)nc(-c3cc(-c4nc(-c5ccccc5)nc(-c5cccc(-c6ccc(N)cc6)c5)n4)ccc3-c3ccc4c(c3)Sc3ccccc3O4)n2)cc1. The van der Waals surface area contributed by atoms with Crippen molar-refractivity contribution in [3.8, 4) is 108 Å². The van der Waals surface area contributed by atoms with E-state index in [1.807, 2.05) is 140 Å². The number of hydrogen-bond donors (Lipinski definition) is 1. The smallest absolute Gasteiger partial charge is 0.164 e. The van der Waals surface area contributed by atoms with E-state index >= 15 is 0 Å². The van der Waals surface area contributed by atoms with Crippen molar-refractivity contribution in [1.82, 2.24) is 29.9 Å². The molecule has 1 aliphatic heterocycles. The zero-order chi connectivity index (χ0) is 43.7. The Morgan fingerprint density at radius 3 is 1.52 bits per heavy atom. The molecule has 2 N–H and O–H groups in total. The van der Waals surface area contributed by atoms with Crippen LogP contribution in [0.4, 0.5) is 5.69 Å². The Morgan fingerprint density at radius 1 is 0.369 bits per heavy atom. The molecule has 65 heavy (non-hydrogen) atoms. The van der Waals surface area contributed by atoms with Gasteiger partial charge in [0.25, 0.3) is 0 Å². The molecule has 1 aliphatic rings. The van der Waals surface area contributed by atoms with Gasteiger partial charge in [0, 0.05) is 39.1 Å². The normalized spacial score (nSPS) is 11.5. The largest absolute Gasteiger partial charge is 0.455 e. The second kappa shape index (κ2) is 16.8. The Hall–Kier alpha value is -8.78. The average Bonchev–Trinajstić information content (AvgIpc) is 3.38. The van der Waals surface area contributed by atoms with Crippen molar-refractivity contribution in [2.45, 2.75) is 9.79 Å². The first kappa shape index (κ1) is 39.1. The summed E-state index contributed by atoms with van der Waals surface area (Å²) in [5.41, 5.74) is 15.9. The van der Waals surface area contributed by atoms with Gasteiger partial charge in [0.2, 0.25) is 0 Å². The van der Waals surface area contributed by atoms with Crippen molar-refractivity contribution in [1.29, 1.82) is 5.26 Å². The first-order chi connectivity index (χ1) is 32.0. The van der Waals surface area contributed by atoms with Crippen LogP contribution in [0.2, 0.25) is 0 Å². The van der Waals surface area contributed by atoms with Gasteiger partial charge in [0.05, 0.1) is 21.4 Å². The number of benzene rings is 8. The molecule has 3 heterocycles. The van der Waals surface area contributed by atoms with Gasteiger partial charge in [-0.05, 0) is 95.1 Å². The van der Waals surface area contributed by atoms with Crippen LogP contribution in [0.15, 0.2) is 204 Å². The van der Waals surface area contributed by atoms with Gasteiger partial charge in [-0.25, -0.2) is 29.9 Å². The predicted molar refractivity (Wildman–Crippen MR) is 256 cm³/mol. The van der Waals surface area contributed by atoms with Crippen molar-refractivity contribution in [3.63, 3.8) is 0 Å². The summed E-state index contributed by atoms with van der Waals surface area (Å²) in [6.07, 6.45) is 0. The highest BCUT2D eigenvalue weighted by atomic mass is 32.2. The number of anilines is 1. The van der Waals surface area contributed by atoms with E-state index in [0.717, 1.165) is 76.9 Å². The minimum absolute atomic E-state index is 0.454. The van der Waals surface area contributed by atoms with Crippen molar-refractivity contribution >= 4 is 17.4 Å². The summed E-state index contributed by atoms with van der Waals surface area (Å²) in [7, 11) is 0. The van der Waals surface area contributed by atoms with Crippen LogP contribution in [-0.2, 0) is 0 Å². The third-order valence-electron chi connectivity index (χ3n) is 11.0. The third-order valence-corrected chi connectivity index (χ3v) is 12.1. The highest BCUT2D eigenvalue weighted by Gasteiger charge is 2.22. The lowest BCUT2D eigenvalue weighted by molar-refractivity contribution is 0.454. The Bertz CT molecular complexity index is 3450. The fourth-order valence-corrected chi connectivity index (χ4v) is 8.71. The number of aromatic nitrogens is 6. The maximum Gasteiger partial charge on any atom is 0.164 e. The molecule has 2 aromatic heterocycles. The van der Waals surface area contributed by atoms with Crippen molar-refractivity contribution in [2.24, 2.45) is 0 Å². The van der Waals surface area contributed by atoms with E-state index < -0.39 is 0 Å². The molecule has 10 heteroatoms. The van der Waals surface area contributed by atoms with E-state index in [4.69, 9.17) is 40.4 Å². The highest BCUT2D eigenvalue weighted by molar-refractivity contribution is 7.99. The first-order valence-corrected chi connectivity index (χ1v) is 21.7. The summed E-state index contributed by atoms with van der Waals surface area (Å²) in [5.74, 6) is 4.60. The Labute approximate surface area is 379 Å². The van der Waals surface area contributed by atoms with Crippen molar-refractivity contribution in [3.05, 3.63) is 200 Å². The average molecular weight is 855 g/mol. The van der Waals surface area contributed by atoms with Gasteiger partial charge in [-0.2, -0.15) is 5.26 Å². The van der Waals surface area contributed by atoms with Crippen LogP contribution in [0.3, 0.4) is 0 Å². The van der Waals surface area contributed by atoms with Crippen LogP contribution in [0.5, 0.6) is 11.5 Å². The van der Waals surface area contributed by atoms with Gasteiger partial charge in [0.15, 0.2) is 34.9 Å². The molecule has 9 nitrogen and oxygen atoms in total. The van der Waals surface area contributed by atoms with Crippen LogP contribution in [0.25, 0.3) is 90.6 Å². The van der Waals surface area contributed by atoms with Crippen molar-refractivity contribution < 1.29 is 4.74 Å². The topological polar surface area (TPSA) is 136 Å². The fraction of sp³-hybridized carbons (Fsp3) is 0. The van der Waals surface area contributed by atoms with E-state index in [1.165, 1.54) is 0 Å². The lowest BCUT2D eigenvalue weighted by Crippen LogP contribution is -2.03. The number of nitriles is 1. The fourth-order valence-electron chi connectivity index (χ4n) is 7.71. The molecule has 0 saturated heterocycles.